The van der Waals surface area contributed by atoms with Crippen LogP contribution in [0.4, 0.5) is 0 Å². The standard InChI is InChI=1S/C22H20S2/c1-17-8-12-20(13-9-17)23-16-22(19-6-4-3-5-7-19)24-21-14-10-18(2)11-15-21/h3-16H,1-2H3/b22-16-. The van der Waals surface area contributed by atoms with Gasteiger partial charge in [-0.25, -0.2) is 0 Å². The Labute approximate surface area is 153 Å². The molecule has 120 valence electrons. The lowest BCUT2D eigenvalue weighted by Crippen LogP contribution is -1.81. The molecule has 0 amide bonds. The summed E-state index contributed by atoms with van der Waals surface area (Å²) in [5.41, 5.74) is 3.84. The lowest BCUT2D eigenvalue weighted by Gasteiger charge is -2.08. The van der Waals surface area contributed by atoms with Crippen LogP contribution in [0.3, 0.4) is 0 Å². The van der Waals surface area contributed by atoms with E-state index in [4.69, 9.17) is 0 Å². The predicted molar refractivity (Wildman–Crippen MR) is 108 cm³/mol. The van der Waals surface area contributed by atoms with E-state index in [2.05, 4.69) is 98.1 Å². The Bertz CT molecular complexity index is 801. The molecule has 0 spiro atoms. The van der Waals surface area contributed by atoms with Crippen molar-refractivity contribution >= 4 is 28.4 Å². The molecule has 3 aromatic rings. The first-order chi connectivity index (χ1) is 11.7. The molecule has 0 aliphatic carbocycles. The zero-order valence-corrected chi connectivity index (χ0v) is 15.5. The van der Waals surface area contributed by atoms with Crippen molar-refractivity contribution in [3.63, 3.8) is 0 Å². The van der Waals surface area contributed by atoms with Gasteiger partial charge in [-0.1, -0.05) is 89.2 Å². The highest BCUT2D eigenvalue weighted by Gasteiger charge is 2.05. The lowest BCUT2D eigenvalue weighted by atomic mass is 10.2. The quantitative estimate of drug-likeness (QED) is 0.448. The van der Waals surface area contributed by atoms with Crippen LogP contribution in [-0.4, -0.2) is 0 Å². The highest BCUT2D eigenvalue weighted by atomic mass is 32.2. The molecule has 0 fully saturated rings. The molecule has 0 nitrogen and oxygen atoms in total. The summed E-state index contributed by atoms with van der Waals surface area (Å²) in [6.07, 6.45) is 0. The van der Waals surface area contributed by atoms with E-state index in [9.17, 15) is 0 Å². The third-order valence-corrected chi connectivity index (χ3v) is 5.76. The van der Waals surface area contributed by atoms with E-state index in [0.717, 1.165) is 0 Å². The SMILES string of the molecule is Cc1ccc(S/C=C(\Sc2ccc(C)cc2)c2ccccc2)cc1. The van der Waals surface area contributed by atoms with E-state index >= 15 is 0 Å². The molecule has 0 saturated carbocycles. The molecule has 0 aliphatic heterocycles. The first kappa shape index (κ1) is 16.9. The molecule has 0 heterocycles. The summed E-state index contributed by atoms with van der Waals surface area (Å²) in [7, 11) is 0. The molecule has 3 rings (SSSR count). The first-order valence-electron chi connectivity index (χ1n) is 7.94. The van der Waals surface area contributed by atoms with Gasteiger partial charge in [-0.2, -0.15) is 0 Å². The van der Waals surface area contributed by atoms with Gasteiger partial charge in [0.15, 0.2) is 0 Å². The minimum Gasteiger partial charge on any atom is -0.0969 e. The van der Waals surface area contributed by atoms with Crippen LogP contribution in [0.2, 0.25) is 0 Å². The fourth-order valence-electron chi connectivity index (χ4n) is 2.23. The third-order valence-electron chi connectivity index (χ3n) is 3.63. The third kappa shape index (κ3) is 4.80. The van der Waals surface area contributed by atoms with Crippen molar-refractivity contribution in [2.24, 2.45) is 0 Å². The van der Waals surface area contributed by atoms with Gasteiger partial charge in [-0.05, 0) is 49.1 Å². The summed E-state index contributed by atoms with van der Waals surface area (Å²) in [5, 5.41) is 2.25. The summed E-state index contributed by atoms with van der Waals surface area (Å²) in [5.74, 6) is 0. The van der Waals surface area contributed by atoms with Crippen LogP contribution in [0, 0.1) is 13.8 Å². The minimum absolute atomic E-state index is 1.25. The molecule has 0 atom stereocenters. The summed E-state index contributed by atoms with van der Waals surface area (Å²) in [6.45, 7) is 4.24. The Morgan fingerprint density at radius 1 is 0.667 bits per heavy atom. The van der Waals surface area contributed by atoms with E-state index in [1.54, 1.807) is 11.8 Å². The monoisotopic (exact) mass is 348 g/mol. The second-order valence-corrected chi connectivity index (χ2v) is 7.75. The molecular formula is C22H20S2. The maximum atomic E-state index is 2.25. The number of hydrogen-bond donors (Lipinski definition) is 0. The minimum atomic E-state index is 1.25. The van der Waals surface area contributed by atoms with Crippen molar-refractivity contribution in [2.45, 2.75) is 23.6 Å². The Balaban J connectivity index is 1.85. The van der Waals surface area contributed by atoms with Crippen molar-refractivity contribution in [2.75, 3.05) is 0 Å². The van der Waals surface area contributed by atoms with Crippen molar-refractivity contribution in [1.29, 1.82) is 0 Å². The van der Waals surface area contributed by atoms with Gasteiger partial charge in [0, 0.05) is 14.7 Å². The van der Waals surface area contributed by atoms with Gasteiger partial charge >= 0.3 is 0 Å². The van der Waals surface area contributed by atoms with E-state index in [0.29, 0.717) is 0 Å². The predicted octanol–water partition coefficient (Wildman–Crippen LogP) is 7.19. The summed E-state index contributed by atoms with van der Waals surface area (Å²) in [6, 6.07) is 28.0. The Morgan fingerprint density at radius 2 is 1.21 bits per heavy atom. The fourth-order valence-corrected chi connectivity index (χ4v) is 4.01. The van der Waals surface area contributed by atoms with Gasteiger partial charge in [0.05, 0.1) is 0 Å². The van der Waals surface area contributed by atoms with Gasteiger partial charge < -0.3 is 0 Å². The molecule has 0 aliphatic rings. The van der Waals surface area contributed by atoms with E-state index in [-0.39, 0.29) is 0 Å². The maximum Gasteiger partial charge on any atom is 0.0261 e. The van der Waals surface area contributed by atoms with Crippen LogP contribution in [-0.2, 0) is 0 Å². The number of thioether (sulfide) groups is 2. The number of rotatable bonds is 5. The second-order valence-electron chi connectivity index (χ2n) is 5.69. The molecule has 24 heavy (non-hydrogen) atoms. The summed E-state index contributed by atoms with van der Waals surface area (Å²) >= 11 is 3.58. The highest BCUT2D eigenvalue weighted by molar-refractivity contribution is 8.10. The molecule has 0 saturated heterocycles. The van der Waals surface area contributed by atoms with Gasteiger partial charge in [-0.3, -0.25) is 0 Å². The largest absolute Gasteiger partial charge is 0.0969 e. The zero-order valence-electron chi connectivity index (χ0n) is 13.9. The Morgan fingerprint density at radius 3 is 1.79 bits per heavy atom. The van der Waals surface area contributed by atoms with E-state index in [1.165, 1.54) is 31.4 Å². The van der Waals surface area contributed by atoms with Crippen LogP contribution in [0.1, 0.15) is 16.7 Å². The lowest BCUT2D eigenvalue weighted by molar-refractivity contribution is 1.38. The molecule has 0 aromatic heterocycles. The summed E-state index contributed by atoms with van der Waals surface area (Å²) < 4.78 is 0. The van der Waals surface area contributed by atoms with Crippen LogP contribution < -0.4 is 0 Å². The Kier molecular flexibility index (Phi) is 5.84. The smallest absolute Gasteiger partial charge is 0.0261 e. The second kappa shape index (κ2) is 8.27. The van der Waals surface area contributed by atoms with Crippen LogP contribution in [0.15, 0.2) is 94.1 Å². The van der Waals surface area contributed by atoms with Gasteiger partial charge in [0.1, 0.15) is 0 Å². The van der Waals surface area contributed by atoms with Crippen molar-refractivity contribution < 1.29 is 0 Å². The van der Waals surface area contributed by atoms with Gasteiger partial charge in [0.25, 0.3) is 0 Å². The molecular weight excluding hydrogens is 328 g/mol. The fraction of sp³-hybridized carbons (Fsp3) is 0.0909. The molecule has 0 bridgehead atoms. The number of hydrogen-bond acceptors (Lipinski definition) is 2. The van der Waals surface area contributed by atoms with Crippen LogP contribution in [0.5, 0.6) is 0 Å². The van der Waals surface area contributed by atoms with E-state index < -0.39 is 0 Å². The van der Waals surface area contributed by atoms with Crippen LogP contribution >= 0.6 is 23.5 Å². The topological polar surface area (TPSA) is 0 Å². The van der Waals surface area contributed by atoms with Crippen molar-refractivity contribution in [1.82, 2.24) is 0 Å². The van der Waals surface area contributed by atoms with E-state index in [1.807, 2.05) is 11.8 Å². The normalized spacial score (nSPS) is 11.5. The first-order valence-corrected chi connectivity index (χ1v) is 9.64. The maximum absolute atomic E-state index is 2.25. The summed E-state index contributed by atoms with van der Waals surface area (Å²) in [4.78, 5) is 3.80. The zero-order chi connectivity index (χ0) is 16.8. The number of benzene rings is 3. The number of aryl methyl sites for hydroxylation is 2. The average Bonchev–Trinajstić information content (AvgIpc) is 2.62. The van der Waals surface area contributed by atoms with Crippen molar-refractivity contribution in [3.05, 3.63) is 101 Å². The molecule has 0 unspecified atom stereocenters. The molecule has 0 N–H and O–H groups in total. The Hall–Kier alpha value is -1.90. The average molecular weight is 349 g/mol. The van der Waals surface area contributed by atoms with Crippen molar-refractivity contribution in [3.8, 4) is 0 Å². The van der Waals surface area contributed by atoms with Crippen LogP contribution in [0.25, 0.3) is 4.91 Å². The molecule has 0 radical (unpaired) electrons. The van der Waals surface area contributed by atoms with Gasteiger partial charge in [0.2, 0.25) is 0 Å². The molecule has 3 aromatic carbocycles. The molecule has 2 heteroatoms. The van der Waals surface area contributed by atoms with Gasteiger partial charge in [-0.15, -0.1) is 0 Å². The highest BCUT2D eigenvalue weighted by Crippen LogP contribution is 2.37.